The van der Waals surface area contributed by atoms with E-state index in [-0.39, 0.29) is 17.3 Å². The Balaban J connectivity index is 2.20. The number of nitrogens with one attached hydrogen (secondary N) is 2. The molecule has 0 bridgehead atoms. The molecule has 0 saturated carbocycles. The van der Waals surface area contributed by atoms with Gasteiger partial charge in [-0.1, -0.05) is 6.07 Å². The van der Waals surface area contributed by atoms with Crippen LogP contribution in [0, 0.1) is 17.0 Å². The number of nitro benzene ring substituents is 1. The lowest BCUT2D eigenvalue weighted by atomic mass is 10.1. The van der Waals surface area contributed by atoms with E-state index in [4.69, 9.17) is 0 Å². The molecule has 2 rings (SSSR count). The van der Waals surface area contributed by atoms with Gasteiger partial charge in [-0.25, -0.2) is 0 Å². The summed E-state index contributed by atoms with van der Waals surface area (Å²) in [4.78, 5) is 33.6. The summed E-state index contributed by atoms with van der Waals surface area (Å²) < 4.78 is 0. The number of benzene rings is 2. The zero-order valence-corrected chi connectivity index (χ0v) is 12.6. The standard InChI is InChI=1S/C16H15N3O4/c1-10-3-8-15(19(22)23)14(9-10)18-16(21)12-4-6-13(7-5-12)17-11(2)20/h3-9H,1-2H3,(H,17,20)(H,18,21). The van der Waals surface area contributed by atoms with Crippen molar-refractivity contribution in [3.05, 3.63) is 63.7 Å². The van der Waals surface area contributed by atoms with E-state index in [9.17, 15) is 19.7 Å². The van der Waals surface area contributed by atoms with Crippen molar-refractivity contribution in [1.82, 2.24) is 0 Å². The van der Waals surface area contributed by atoms with Gasteiger partial charge in [-0.05, 0) is 42.8 Å². The minimum absolute atomic E-state index is 0.144. The molecule has 0 atom stereocenters. The van der Waals surface area contributed by atoms with E-state index in [1.165, 1.54) is 25.1 Å². The second-order valence-corrected chi connectivity index (χ2v) is 4.99. The topological polar surface area (TPSA) is 101 Å². The van der Waals surface area contributed by atoms with Crippen LogP contribution in [-0.4, -0.2) is 16.7 Å². The third-order valence-corrected chi connectivity index (χ3v) is 3.06. The maximum absolute atomic E-state index is 12.2. The molecular formula is C16H15N3O4. The summed E-state index contributed by atoms with van der Waals surface area (Å²) in [5, 5.41) is 16.1. The van der Waals surface area contributed by atoms with Crippen LogP contribution in [0.3, 0.4) is 0 Å². The van der Waals surface area contributed by atoms with Crippen molar-refractivity contribution in [3.63, 3.8) is 0 Å². The summed E-state index contributed by atoms with van der Waals surface area (Å²) in [6, 6.07) is 10.7. The lowest BCUT2D eigenvalue weighted by molar-refractivity contribution is -0.383. The Morgan fingerprint density at radius 3 is 2.26 bits per heavy atom. The van der Waals surface area contributed by atoms with E-state index < -0.39 is 10.8 Å². The van der Waals surface area contributed by atoms with E-state index in [1.807, 2.05) is 0 Å². The first kappa shape index (κ1) is 16.2. The van der Waals surface area contributed by atoms with Crippen molar-refractivity contribution >= 4 is 28.9 Å². The van der Waals surface area contributed by atoms with Crippen LogP contribution in [0.1, 0.15) is 22.8 Å². The van der Waals surface area contributed by atoms with Gasteiger partial charge in [-0.3, -0.25) is 19.7 Å². The molecule has 0 aliphatic rings. The molecule has 0 aliphatic heterocycles. The third kappa shape index (κ3) is 4.13. The van der Waals surface area contributed by atoms with Crippen LogP contribution in [0.2, 0.25) is 0 Å². The third-order valence-electron chi connectivity index (χ3n) is 3.06. The van der Waals surface area contributed by atoms with Crippen molar-refractivity contribution in [2.45, 2.75) is 13.8 Å². The van der Waals surface area contributed by atoms with Gasteiger partial charge in [-0.2, -0.15) is 0 Å². The molecule has 2 aromatic carbocycles. The van der Waals surface area contributed by atoms with Gasteiger partial charge >= 0.3 is 0 Å². The number of carbonyl (C=O) groups excluding carboxylic acids is 2. The Morgan fingerprint density at radius 1 is 1.04 bits per heavy atom. The highest BCUT2D eigenvalue weighted by molar-refractivity contribution is 6.05. The Morgan fingerprint density at radius 2 is 1.70 bits per heavy atom. The largest absolute Gasteiger partial charge is 0.326 e. The van der Waals surface area contributed by atoms with Gasteiger partial charge in [0.05, 0.1) is 4.92 Å². The number of aryl methyl sites for hydroxylation is 1. The highest BCUT2D eigenvalue weighted by Gasteiger charge is 2.16. The molecule has 7 nitrogen and oxygen atoms in total. The van der Waals surface area contributed by atoms with Crippen LogP contribution in [-0.2, 0) is 4.79 Å². The van der Waals surface area contributed by atoms with Crippen molar-refractivity contribution in [3.8, 4) is 0 Å². The van der Waals surface area contributed by atoms with Crippen LogP contribution in [0.15, 0.2) is 42.5 Å². The zero-order valence-electron chi connectivity index (χ0n) is 12.6. The quantitative estimate of drug-likeness (QED) is 0.668. The Kier molecular flexibility index (Phi) is 4.70. The second-order valence-electron chi connectivity index (χ2n) is 4.99. The first-order chi connectivity index (χ1) is 10.9. The Bertz CT molecular complexity index is 769. The number of anilines is 2. The molecule has 7 heteroatoms. The predicted molar refractivity (Wildman–Crippen MR) is 86.5 cm³/mol. The van der Waals surface area contributed by atoms with Crippen molar-refractivity contribution in [2.24, 2.45) is 0 Å². The van der Waals surface area contributed by atoms with Gasteiger partial charge in [0.15, 0.2) is 0 Å². The van der Waals surface area contributed by atoms with Crippen LogP contribution >= 0.6 is 0 Å². The fraction of sp³-hybridized carbons (Fsp3) is 0.125. The van der Waals surface area contributed by atoms with E-state index >= 15 is 0 Å². The zero-order chi connectivity index (χ0) is 17.0. The van der Waals surface area contributed by atoms with Crippen LogP contribution in [0.25, 0.3) is 0 Å². The first-order valence-corrected chi connectivity index (χ1v) is 6.81. The van der Waals surface area contributed by atoms with Gasteiger partial charge in [0.2, 0.25) is 5.91 Å². The number of rotatable bonds is 4. The number of hydrogen-bond donors (Lipinski definition) is 2. The molecule has 0 unspecified atom stereocenters. The van der Waals surface area contributed by atoms with Gasteiger partial charge in [-0.15, -0.1) is 0 Å². The monoisotopic (exact) mass is 313 g/mol. The Hall–Kier alpha value is -3.22. The van der Waals surface area contributed by atoms with E-state index in [0.29, 0.717) is 11.3 Å². The maximum Gasteiger partial charge on any atom is 0.292 e. The van der Waals surface area contributed by atoms with Crippen LogP contribution < -0.4 is 10.6 Å². The number of hydrogen-bond acceptors (Lipinski definition) is 4. The van der Waals surface area contributed by atoms with Crippen LogP contribution in [0.4, 0.5) is 17.1 Å². The summed E-state index contributed by atoms with van der Waals surface area (Å²) in [7, 11) is 0. The van der Waals surface area contributed by atoms with Crippen molar-refractivity contribution < 1.29 is 14.5 Å². The summed E-state index contributed by atoms with van der Waals surface area (Å²) in [5.41, 5.74) is 1.67. The van der Waals surface area contributed by atoms with Gasteiger partial charge in [0.25, 0.3) is 11.6 Å². The molecule has 118 valence electrons. The van der Waals surface area contributed by atoms with Crippen molar-refractivity contribution in [1.29, 1.82) is 0 Å². The van der Waals surface area contributed by atoms with Gasteiger partial charge < -0.3 is 10.6 Å². The molecule has 2 aromatic rings. The van der Waals surface area contributed by atoms with Gasteiger partial charge in [0.1, 0.15) is 5.69 Å². The summed E-state index contributed by atoms with van der Waals surface area (Å²) in [5.74, 6) is -0.675. The fourth-order valence-corrected chi connectivity index (χ4v) is 2.01. The number of amides is 2. The van der Waals surface area contributed by atoms with E-state index in [1.54, 1.807) is 31.2 Å². The number of nitro groups is 1. The van der Waals surface area contributed by atoms with Gasteiger partial charge in [0, 0.05) is 24.2 Å². The SMILES string of the molecule is CC(=O)Nc1ccc(C(=O)Nc2cc(C)ccc2[N+](=O)[O-])cc1. The summed E-state index contributed by atoms with van der Waals surface area (Å²) in [6.07, 6.45) is 0. The predicted octanol–water partition coefficient (Wildman–Crippen LogP) is 3.11. The average molecular weight is 313 g/mol. The normalized spacial score (nSPS) is 10.0. The number of nitrogens with zero attached hydrogens (tertiary/aromatic N) is 1. The molecule has 0 spiro atoms. The maximum atomic E-state index is 12.2. The fourth-order valence-electron chi connectivity index (χ4n) is 2.01. The minimum atomic E-state index is -0.547. The minimum Gasteiger partial charge on any atom is -0.326 e. The molecule has 0 aliphatic carbocycles. The molecule has 0 saturated heterocycles. The molecule has 23 heavy (non-hydrogen) atoms. The summed E-state index contributed by atoms with van der Waals surface area (Å²) >= 11 is 0. The highest BCUT2D eigenvalue weighted by Crippen LogP contribution is 2.25. The Labute approximate surface area is 132 Å². The highest BCUT2D eigenvalue weighted by atomic mass is 16.6. The molecular weight excluding hydrogens is 298 g/mol. The lowest BCUT2D eigenvalue weighted by Gasteiger charge is -2.08. The summed E-state index contributed by atoms with van der Waals surface area (Å²) in [6.45, 7) is 3.17. The van der Waals surface area contributed by atoms with Crippen molar-refractivity contribution in [2.75, 3.05) is 10.6 Å². The lowest BCUT2D eigenvalue weighted by Crippen LogP contribution is -2.13. The van der Waals surface area contributed by atoms with E-state index in [0.717, 1.165) is 5.56 Å². The molecule has 0 heterocycles. The smallest absolute Gasteiger partial charge is 0.292 e. The molecule has 2 amide bonds. The first-order valence-electron chi connectivity index (χ1n) is 6.81. The number of carbonyl (C=O) groups is 2. The molecule has 0 aromatic heterocycles. The molecule has 0 fully saturated rings. The molecule has 2 N–H and O–H groups in total. The molecule has 0 radical (unpaired) electrons. The van der Waals surface area contributed by atoms with Crippen LogP contribution in [0.5, 0.6) is 0 Å². The van der Waals surface area contributed by atoms with E-state index in [2.05, 4.69) is 10.6 Å². The average Bonchev–Trinajstić information content (AvgIpc) is 2.47. The second kappa shape index (κ2) is 6.69.